The third kappa shape index (κ3) is 5.64. The fourth-order valence-corrected chi connectivity index (χ4v) is 4.03. The van der Waals surface area contributed by atoms with Gasteiger partial charge in [-0.05, 0) is 37.6 Å². The fraction of sp³-hybridized carbons (Fsp3) is 0.842. The van der Waals surface area contributed by atoms with Crippen molar-refractivity contribution in [2.75, 3.05) is 14.2 Å². The zero-order valence-corrected chi connectivity index (χ0v) is 18.3. The van der Waals surface area contributed by atoms with Crippen molar-refractivity contribution in [2.45, 2.75) is 89.5 Å². The zero-order chi connectivity index (χ0) is 19.5. The number of esters is 1. The first-order valence-electron chi connectivity index (χ1n) is 9.07. The quantitative estimate of drug-likeness (QED) is 0.264. The molecule has 0 N–H and O–H groups in total. The van der Waals surface area contributed by atoms with Crippen LogP contribution in [0.25, 0.3) is 0 Å². The summed E-state index contributed by atoms with van der Waals surface area (Å²) in [6, 6.07) is 0. The van der Waals surface area contributed by atoms with Gasteiger partial charge in [0.15, 0.2) is 8.32 Å². The van der Waals surface area contributed by atoms with Crippen LogP contribution in [0.3, 0.4) is 0 Å². The van der Waals surface area contributed by atoms with Gasteiger partial charge in [-0.3, -0.25) is 0 Å². The van der Waals surface area contributed by atoms with Crippen LogP contribution in [-0.4, -0.2) is 52.4 Å². The Labute approximate surface area is 154 Å². The van der Waals surface area contributed by atoms with Crippen LogP contribution in [0.5, 0.6) is 0 Å². The molecule has 1 saturated heterocycles. The van der Waals surface area contributed by atoms with E-state index in [9.17, 15) is 4.79 Å². The van der Waals surface area contributed by atoms with E-state index in [4.69, 9.17) is 13.9 Å². The number of rotatable bonds is 9. The van der Waals surface area contributed by atoms with Gasteiger partial charge in [-0.25, -0.2) is 4.79 Å². The van der Waals surface area contributed by atoms with Crippen molar-refractivity contribution in [1.29, 1.82) is 0 Å². The molecular formula is C19H36O5Si. The van der Waals surface area contributed by atoms with Gasteiger partial charge in [-0.15, -0.1) is 0 Å². The first-order valence-corrected chi connectivity index (χ1v) is 12.0. The molecule has 1 heterocycles. The van der Waals surface area contributed by atoms with Crippen molar-refractivity contribution < 1.29 is 23.4 Å². The van der Waals surface area contributed by atoms with Crippen LogP contribution in [0.1, 0.15) is 47.5 Å². The molecule has 0 bridgehead atoms. The third-order valence-electron chi connectivity index (χ3n) is 5.40. The maximum Gasteiger partial charge on any atom is 0.330 e. The standard InChI is InChI=1S/C19H36O5Si/c1-10-11-14(24-25(8,9)18(2,3)4)16(22-7)17-19(5,23-17)13-12-15(20)21-6/h12-14,16-17H,10-11H2,1-9H3/b13-12+/t14-,16+,17+,19+/m0/s1. The smallest absolute Gasteiger partial charge is 0.330 e. The molecule has 4 atom stereocenters. The second kappa shape index (κ2) is 8.33. The number of epoxide rings is 1. The second-order valence-corrected chi connectivity index (χ2v) is 13.2. The first kappa shape index (κ1) is 22.3. The lowest BCUT2D eigenvalue weighted by atomic mass is 9.97. The Balaban J connectivity index is 2.91. The highest BCUT2D eigenvalue weighted by Crippen LogP contribution is 2.44. The van der Waals surface area contributed by atoms with E-state index in [0.29, 0.717) is 0 Å². The van der Waals surface area contributed by atoms with Gasteiger partial charge < -0.3 is 18.6 Å². The number of ether oxygens (including phenoxy) is 3. The topological polar surface area (TPSA) is 57.3 Å². The van der Waals surface area contributed by atoms with Crippen LogP contribution in [0.2, 0.25) is 18.1 Å². The minimum absolute atomic E-state index is 0.0192. The van der Waals surface area contributed by atoms with Crippen LogP contribution >= 0.6 is 0 Å². The second-order valence-electron chi connectivity index (χ2n) is 8.48. The third-order valence-corrected chi connectivity index (χ3v) is 9.91. The molecule has 0 unspecified atom stereocenters. The lowest BCUT2D eigenvalue weighted by Crippen LogP contribution is -2.49. The largest absolute Gasteiger partial charge is 0.466 e. The van der Waals surface area contributed by atoms with Gasteiger partial charge in [-0.2, -0.15) is 0 Å². The average molecular weight is 373 g/mol. The molecule has 1 rings (SSSR count). The van der Waals surface area contributed by atoms with Crippen molar-refractivity contribution in [3.05, 3.63) is 12.2 Å². The minimum Gasteiger partial charge on any atom is -0.466 e. The molecule has 5 nitrogen and oxygen atoms in total. The van der Waals surface area contributed by atoms with E-state index in [-0.39, 0.29) is 29.3 Å². The lowest BCUT2D eigenvalue weighted by molar-refractivity contribution is -0.134. The number of hydrogen-bond acceptors (Lipinski definition) is 5. The summed E-state index contributed by atoms with van der Waals surface area (Å²) in [6.07, 6.45) is 4.79. The lowest BCUT2D eigenvalue weighted by Gasteiger charge is -2.41. The van der Waals surface area contributed by atoms with Gasteiger partial charge in [0, 0.05) is 13.2 Å². The molecule has 0 saturated carbocycles. The summed E-state index contributed by atoms with van der Waals surface area (Å²) < 4.78 is 23.0. The first-order chi connectivity index (χ1) is 11.4. The molecule has 6 heteroatoms. The van der Waals surface area contributed by atoms with E-state index in [2.05, 4.69) is 45.5 Å². The van der Waals surface area contributed by atoms with Crippen molar-refractivity contribution >= 4 is 14.3 Å². The van der Waals surface area contributed by atoms with Gasteiger partial charge in [-0.1, -0.05) is 34.1 Å². The summed E-state index contributed by atoms with van der Waals surface area (Å²) >= 11 is 0. The number of carbonyl (C=O) groups excluding carboxylic acids is 1. The molecular weight excluding hydrogens is 336 g/mol. The predicted molar refractivity (Wildman–Crippen MR) is 102 cm³/mol. The van der Waals surface area contributed by atoms with E-state index in [1.807, 2.05) is 6.92 Å². The number of carbonyl (C=O) groups is 1. The van der Waals surface area contributed by atoms with Gasteiger partial charge in [0.25, 0.3) is 0 Å². The van der Waals surface area contributed by atoms with Gasteiger partial charge >= 0.3 is 5.97 Å². The maximum absolute atomic E-state index is 11.4. The monoisotopic (exact) mass is 372 g/mol. The molecule has 0 aromatic carbocycles. The summed E-state index contributed by atoms with van der Waals surface area (Å²) in [6.45, 7) is 15.3. The highest BCUT2D eigenvalue weighted by atomic mass is 28.4. The maximum atomic E-state index is 11.4. The molecule has 1 aliphatic rings. The average Bonchev–Trinajstić information content (AvgIpc) is 3.16. The molecule has 0 amide bonds. The Morgan fingerprint density at radius 2 is 1.92 bits per heavy atom. The SMILES string of the molecule is CCC[C@H](O[Si](C)(C)C(C)(C)C)[C@@H](OC)[C@H]1O[C@]1(C)/C=C/C(=O)OC. The normalized spacial score (nSPS) is 26.5. The Kier molecular flexibility index (Phi) is 7.45. The van der Waals surface area contributed by atoms with Gasteiger partial charge in [0.1, 0.15) is 17.8 Å². The summed E-state index contributed by atoms with van der Waals surface area (Å²) in [5, 5.41) is 0.135. The molecule has 25 heavy (non-hydrogen) atoms. The van der Waals surface area contributed by atoms with Crippen LogP contribution in [0.4, 0.5) is 0 Å². The van der Waals surface area contributed by atoms with E-state index in [0.717, 1.165) is 12.8 Å². The Hall–Kier alpha value is -0.693. The number of methoxy groups -OCH3 is 2. The molecule has 0 aromatic heterocycles. The molecule has 1 fully saturated rings. The van der Waals surface area contributed by atoms with Crippen LogP contribution in [0.15, 0.2) is 12.2 Å². The molecule has 0 aromatic rings. The van der Waals surface area contributed by atoms with Crippen LogP contribution in [-0.2, 0) is 23.4 Å². The van der Waals surface area contributed by atoms with Crippen LogP contribution in [0, 0.1) is 0 Å². The Morgan fingerprint density at radius 3 is 2.36 bits per heavy atom. The van der Waals surface area contributed by atoms with Crippen molar-refractivity contribution in [2.24, 2.45) is 0 Å². The van der Waals surface area contributed by atoms with Gasteiger partial charge in [0.05, 0.1) is 13.2 Å². The van der Waals surface area contributed by atoms with E-state index in [1.54, 1.807) is 13.2 Å². The zero-order valence-electron chi connectivity index (χ0n) is 17.3. The summed E-state index contributed by atoms with van der Waals surface area (Å²) in [7, 11) is 1.15. The van der Waals surface area contributed by atoms with Crippen molar-refractivity contribution in [3.8, 4) is 0 Å². The fourth-order valence-electron chi connectivity index (χ4n) is 2.67. The Morgan fingerprint density at radius 1 is 1.32 bits per heavy atom. The van der Waals surface area contributed by atoms with Crippen molar-refractivity contribution in [3.63, 3.8) is 0 Å². The molecule has 0 aliphatic carbocycles. The van der Waals surface area contributed by atoms with E-state index >= 15 is 0 Å². The van der Waals surface area contributed by atoms with Gasteiger partial charge in [0.2, 0.25) is 0 Å². The summed E-state index contributed by atoms with van der Waals surface area (Å²) in [5.74, 6) is -0.382. The highest BCUT2D eigenvalue weighted by molar-refractivity contribution is 6.74. The Bertz CT molecular complexity index is 483. The molecule has 0 spiro atoms. The minimum atomic E-state index is -1.92. The molecule has 1 aliphatic heterocycles. The predicted octanol–water partition coefficient (Wildman–Crippen LogP) is 4.08. The van der Waals surface area contributed by atoms with E-state index < -0.39 is 13.9 Å². The van der Waals surface area contributed by atoms with Crippen molar-refractivity contribution in [1.82, 2.24) is 0 Å². The number of hydrogen-bond donors (Lipinski definition) is 0. The van der Waals surface area contributed by atoms with Crippen LogP contribution < -0.4 is 0 Å². The highest BCUT2D eigenvalue weighted by Gasteiger charge is 2.57. The summed E-state index contributed by atoms with van der Waals surface area (Å²) in [4.78, 5) is 11.4. The summed E-state index contributed by atoms with van der Waals surface area (Å²) in [5.41, 5.74) is -0.516. The molecule has 146 valence electrons. The molecule has 0 radical (unpaired) electrons. The van der Waals surface area contributed by atoms with E-state index in [1.165, 1.54) is 13.2 Å².